The summed E-state index contributed by atoms with van der Waals surface area (Å²) < 4.78 is 1.77. The highest BCUT2D eigenvalue weighted by Gasteiger charge is 2.19. The molecule has 0 aliphatic heterocycles. The maximum atomic E-state index is 10.7. The minimum atomic E-state index is -0.836. The van der Waals surface area contributed by atoms with Crippen LogP contribution in [-0.4, -0.2) is 19.6 Å². The number of aryl methyl sites for hydroxylation is 1. The van der Waals surface area contributed by atoms with Crippen LogP contribution in [0.3, 0.4) is 0 Å². The highest BCUT2D eigenvalue weighted by Crippen LogP contribution is 2.41. The number of aliphatic hydroxyl groups excluding tert-OH is 1. The molecule has 0 fully saturated rings. The van der Waals surface area contributed by atoms with Crippen molar-refractivity contribution in [1.29, 1.82) is 0 Å². The van der Waals surface area contributed by atoms with Gasteiger partial charge in [-0.3, -0.25) is 0 Å². The summed E-state index contributed by atoms with van der Waals surface area (Å²) in [4.78, 5) is 8.51. The summed E-state index contributed by atoms with van der Waals surface area (Å²) >= 11 is 19.4. The molecular formula is C20H14Cl3N3O. The average Bonchev–Trinajstić information content (AvgIpc) is 3.08. The number of halogens is 3. The molecule has 2 aromatic carbocycles. The van der Waals surface area contributed by atoms with E-state index in [1.807, 2.05) is 31.3 Å². The van der Waals surface area contributed by atoms with Crippen LogP contribution >= 0.6 is 34.8 Å². The molecule has 4 aromatic rings. The number of nitrogens with zero attached hydrogens (tertiary/aromatic N) is 3. The Hall–Kier alpha value is -2.11. The number of aliphatic hydroxyl groups is 1. The number of imidazole rings is 1. The molecule has 0 aliphatic carbocycles. The molecule has 0 bridgehead atoms. The second kappa shape index (κ2) is 7.13. The van der Waals surface area contributed by atoms with Gasteiger partial charge >= 0.3 is 0 Å². The van der Waals surface area contributed by atoms with Gasteiger partial charge in [0.05, 0.1) is 28.8 Å². The average molecular weight is 419 g/mol. The molecule has 4 rings (SSSR count). The van der Waals surface area contributed by atoms with Gasteiger partial charge in [0, 0.05) is 28.6 Å². The number of hydrogen-bond donors (Lipinski definition) is 1. The van der Waals surface area contributed by atoms with Gasteiger partial charge in [-0.2, -0.15) is 0 Å². The summed E-state index contributed by atoms with van der Waals surface area (Å²) in [5, 5.41) is 12.7. The number of benzene rings is 2. The van der Waals surface area contributed by atoms with Crippen molar-refractivity contribution in [3.63, 3.8) is 0 Å². The number of hydrogen-bond acceptors (Lipinski definition) is 3. The van der Waals surface area contributed by atoms with Crippen molar-refractivity contribution < 1.29 is 5.11 Å². The first-order chi connectivity index (χ1) is 13.0. The molecule has 2 heterocycles. The van der Waals surface area contributed by atoms with Crippen LogP contribution in [0, 0.1) is 0 Å². The van der Waals surface area contributed by atoms with E-state index in [9.17, 15) is 5.11 Å². The largest absolute Gasteiger partial charge is 0.382 e. The molecule has 0 spiro atoms. The van der Waals surface area contributed by atoms with Crippen molar-refractivity contribution in [3.05, 3.63) is 81.4 Å². The van der Waals surface area contributed by atoms with E-state index in [0.717, 1.165) is 0 Å². The SMILES string of the molecule is Cn1cncc1C(O)c1ccc2nc(Cl)c(-c3ccccc3Cl)c(Cl)c2c1. The molecule has 0 radical (unpaired) electrons. The Morgan fingerprint density at radius 2 is 1.85 bits per heavy atom. The molecule has 2 aromatic heterocycles. The van der Waals surface area contributed by atoms with E-state index in [0.29, 0.717) is 43.3 Å². The molecule has 1 atom stereocenters. The van der Waals surface area contributed by atoms with Crippen LogP contribution in [0.5, 0.6) is 0 Å². The van der Waals surface area contributed by atoms with E-state index in [1.54, 1.807) is 35.3 Å². The first-order valence-electron chi connectivity index (χ1n) is 8.15. The summed E-state index contributed by atoms with van der Waals surface area (Å²) in [5.41, 5.74) is 3.28. The number of pyridine rings is 1. The van der Waals surface area contributed by atoms with E-state index in [2.05, 4.69) is 9.97 Å². The van der Waals surface area contributed by atoms with E-state index in [1.165, 1.54) is 0 Å². The summed E-state index contributed by atoms with van der Waals surface area (Å²) in [7, 11) is 1.83. The Morgan fingerprint density at radius 1 is 1.07 bits per heavy atom. The number of aromatic nitrogens is 3. The zero-order chi connectivity index (χ0) is 19.1. The lowest BCUT2D eigenvalue weighted by Crippen LogP contribution is -2.05. The lowest BCUT2D eigenvalue weighted by atomic mass is 10.0. The minimum absolute atomic E-state index is 0.278. The molecule has 0 saturated carbocycles. The van der Waals surface area contributed by atoms with E-state index in [4.69, 9.17) is 34.8 Å². The van der Waals surface area contributed by atoms with E-state index in [-0.39, 0.29) is 5.15 Å². The van der Waals surface area contributed by atoms with Gasteiger partial charge in [0.2, 0.25) is 0 Å². The highest BCUT2D eigenvalue weighted by molar-refractivity contribution is 6.43. The zero-order valence-electron chi connectivity index (χ0n) is 14.2. The third-order valence-corrected chi connectivity index (χ3v) is 5.49. The molecule has 136 valence electrons. The van der Waals surface area contributed by atoms with Crippen LogP contribution in [-0.2, 0) is 7.05 Å². The fourth-order valence-electron chi connectivity index (χ4n) is 3.08. The van der Waals surface area contributed by atoms with Crippen LogP contribution in [0.15, 0.2) is 55.0 Å². The van der Waals surface area contributed by atoms with Crippen LogP contribution < -0.4 is 0 Å². The Balaban J connectivity index is 1.91. The number of rotatable bonds is 3. The van der Waals surface area contributed by atoms with Gasteiger partial charge in [0.1, 0.15) is 11.3 Å². The first kappa shape index (κ1) is 18.3. The summed E-state index contributed by atoms with van der Waals surface area (Å²) in [6.45, 7) is 0. The molecule has 27 heavy (non-hydrogen) atoms. The van der Waals surface area contributed by atoms with Crippen LogP contribution in [0.2, 0.25) is 15.2 Å². The van der Waals surface area contributed by atoms with Gasteiger partial charge in [-0.1, -0.05) is 59.1 Å². The summed E-state index contributed by atoms with van der Waals surface area (Å²) in [6, 6.07) is 12.7. The Kier molecular flexibility index (Phi) is 4.82. The number of fused-ring (bicyclic) bond motifs is 1. The maximum absolute atomic E-state index is 10.7. The fourth-order valence-corrected chi connectivity index (χ4v) is 3.99. The zero-order valence-corrected chi connectivity index (χ0v) is 16.5. The summed E-state index contributed by atoms with van der Waals surface area (Å²) in [6.07, 6.45) is 2.44. The molecule has 1 unspecified atom stereocenters. The van der Waals surface area contributed by atoms with Gasteiger partial charge < -0.3 is 9.67 Å². The quantitative estimate of drug-likeness (QED) is 0.436. The van der Waals surface area contributed by atoms with Crippen LogP contribution in [0.25, 0.3) is 22.0 Å². The predicted molar refractivity (Wildman–Crippen MR) is 109 cm³/mol. The van der Waals surface area contributed by atoms with Crippen LogP contribution in [0.1, 0.15) is 17.4 Å². The molecule has 1 N–H and O–H groups in total. The van der Waals surface area contributed by atoms with E-state index < -0.39 is 6.10 Å². The lowest BCUT2D eigenvalue weighted by Gasteiger charge is -2.15. The van der Waals surface area contributed by atoms with Gasteiger partial charge in [-0.15, -0.1) is 0 Å². The monoisotopic (exact) mass is 417 g/mol. The minimum Gasteiger partial charge on any atom is -0.382 e. The van der Waals surface area contributed by atoms with E-state index >= 15 is 0 Å². The Morgan fingerprint density at radius 3 is 2.56 bits per heavy atom. The lowest BCUT2D eigenvalue weighted by molar-refractivity contribution is 0.211. The smallest absolute Gasteiger partial charge is 0.139 e. The van der Waals surface area contributed by atoms with Gasteiger partial charge in [-0.05, 0) is 23.8 Å². The third-order valence-electron chi connectivity index (χ3n) is 4.49. The van der Waals surface area contributed by atoms with Crippen molar-refractivity contribution in [2.75, 3.05) is 0 Å². The molecule has 7 heteroatoms. The first-order valence-corrected chi connectivity index (χ1v) is 9.28. The van der Waals surface area contributed by atoms with Crippen molar-refractivity contribution in [1.82, 2.24) is 14.5 Å². The Labute approximate surface area is 171 Å². The standard InChI is InChI=1S/C20H14Cl3N3O/c1-26-10-24-9-16(26)19(27)11-6-7-15-13(8-11)18(22)17(20(23)25-15)12-4-2-3-5-14(12)21/h2-10,19,27H,1H3. The molecule has 0 amide bonds. The van der Waals surface area contributed by atoms with Crippen molar-refractivity contribution in [2.24, 2.45) is 7.05 Å². The topological polar surface area (TPSA) is 50.9 Å². The second-order valence-electron chi connectivity index (χ2n) is 6.18. The van der Waals surface area contributed by atoms with Crippen molar-refractivity contribution >= 4 is 45.7 Å². The highest BCUT2D eigenvalue weighted by atomic mass is 35.5. The molecule has 4 nitrogen and oxygen atoms in total. The molecule has 0 saturated heterocycles. The normalized spacial score (nSPS) is 12.5. The van der Waals surface area contributed by atoms with Gasteiger partial charge in [-0.25, -0.2) is 9.97 Å². The summed E-state index contributed by atoms with van der Waals surface area (Å²) in [5.74, 6) is 0. The van der Waals surface area contributed by atoms with Gasteiger partial charge in [0.25, 0.3) is 0 Å². The molecule has 0 aliphatic rings. The van der Waals surface area contributed by atoms with Gasteiger partial charge in [0.15, 0.2) is 0 Å². The third kappa shape index (κ3) is 3.19. The van der Waals surface area contributed by atoms with Crippen LogP contribution in [0.4, 0.5) is 0 Å². The maximum Gasteiger partial charge on any atom is 0.139 e. The Bertz CT molecular complexity index is 1160. The molecular weight excluding hydrogens is 405 g/mol. The second-order valence-corrected chi connectivity index (χ2v) is 7.32. The van der Waals surface area contributed by atoms with Crippen molar-refractivity contribution in [2.45, 2.75) is 6.10 Å². The fraction of sp³-hybridized carbons (Fsp3) is 0.100. The van der Waals surface area contributed by atoms with Crippen molar-refractivity contribution in [3.8, 4) is 11.1 Å². The predicted octanol–water partition coefficient (Wildman–Crippen LogP) is 5.68.